The molecule has 1 N–H and O–H groups in total. The van der Waals surface area contributed by atoms with Gasteiger partial charge in [0.25, 0.3) is 0 Å². The minimum Gasteiger partial charge on any atom is -0.497 e. The van der Waals surface area contributed by atoms with Gasteiger partial charge in [0, 0.05) is 19.3 Å². The molecule has 2 rings (SSSR count). The van der Waals surface area contributed by atoms with Crippen LogP contribution in [0.25, 0.3) is 0 Å². The fourth-order valence-electron chi connectivity index (χ4n) is 2.97. The Balaban J connectivity index is 2.11. The van der Waals surface area contributed by atoms with E-state index in [0.29, 0.717) is 18.7 Å². The maximum Gasteiger partial charge on any atom is 0.242 e. The number of benzene rings is 2. The fourth-order valence-corrected chi connectivity index (χ4v) is 3.84. The quantitative estimate of drug-likeness (QED) is 0.663. The van der Waals surface area contributed by atoms with Gasteiger partial charge < -0.3 is 15.0 Å². The number of nitrogens with zero attached hydrogens (tertiary/aromatic N) is 1. The van der Waals surface area contributed by atoms with E-state index >= 15 is 0 Å². The Morgan fingerprint density at radius 2 is 1.82 bits per heavy atom. The van der Waals surface area contributed by atoms with Crippen molar-refractivity contribution in [1.82, 2.24) is 10.2 Å². The molecule has 0 aromatic heterocycles. The average Bonchev–Trinajstić information content (AvgIpc) is 2.74. The van der Waals surface area contributed by atoms with Crippen LogP contribution in [0.1, 0.15) is 24.5 Å². The number of hydrogen-bond acceptors (Lipinski definition) is 4. The van der Waals surface area contributed by atoms with E-state index in [0.717, 1.165) is 17.1 Å². The van der Waals surface area contributed by atoms with Gasteiger partial charge in [0.2, 0.25) is 11.8 Å². The molecule has 0 heterocycles. The van der Waals surface area contributed by atoms with Gasteiger partial charge in [-0.15, -0.1) is 11.8 Å². The first-order chi connectivity index (χ1) is 13.6. The molecule has 6 heteroatoms. The van der Waals surface area contributed by atoms with Crippen LogP contribution in [0.2, 0.25) is 0 Å². The fraction of sp³-hybridized carbons (Fsp3) is 0.364. The van der Waals surface area contributed by atoms with Gasteiger partial charge in [-0.05, 0) is 29.7 Å². The Labute approximate surface area is 171 Å². The van der Waals surface area contributed by atoms with Gasteiger partial charge in [0.1, 0.15) is 11.8 Å². The predicted molar refractivity (Wildman–Crippen MR) is 114 cm³/mol. The molecule has 0 saturated heterocycles. The second kappa shape index (κ2) is 11.4. The lowest BCUT2D eigenvalue weighted by molar-refractivity contribution is -0.139. The van der Waals surface area contributed by atoms with E-state index < -0.39 is 6.04 Å². The Hall–Kier alpha value is -2.47. The average molecular weight is 401 g/mol. The van der Waals surface area contributed by atoms with Crippen LogP contribution in [0.5, 0.6) is 5.75 Å². The highest BCUT2D eigenvalue weighted by molar-refractivity contribution is 7.99. The molecule has 0 aliphatic heterocycles. The van der Waals surface area contributed by atoms with Crippen molar-refractivity contribution in [3.63, 3.8) is 0 Å². The van der Waals surface area contributed by atoms with E-state index in [1.54, 1.807) is 30.8 Å². The van der Waals surface area contributed by atoms with Crippen LogP contribution in [0.4, 0.5) is 0 Å². The number of likely N-dealkylation sites (N-methyl/N-ethyl adjacent to an activating group) is 1. The van der Waals surface area contributed by atoms with Crippen molar-refractivity contribution < 1.29 is 14.3 Å². The minimum absolute atomic E-state index is 0.0424. The molecule has 2 aromatic carbocycles. The van der Waals surface area contributed by atoms with Gasteiger partial charge in [0.15, 0.2) is 0 Å². The molecular formula is C22H28N2O3S. The zero-order valence-electron chi connectivity index (χ0n) is 16.7. The second-order valence-corrected chi connectivity index (χ2v) is 7.38. The molecule has 2 amide bonds. The molecule has 0 spiro atoms. The lowest BCUT2D eigenvalue weighted by atomic mass is 10.1. The van der Waals surface area contributed by atoms with Crippen LogP contribution >= 0.6 is 11.8 Å². The van der Waals surface area contributed by atoms with Crippen LogP contribution in [0, 0.1) is 0 Å². The van der Waals surface area contributed by atoms with E-state index in [1.807, 2.05) is 61.5 Å². The summed E-state index contributed by atoms with van der Waals surface area (Å²) in [6.45, 7) is 2.29. The standard InChI is InChI=1S/C22H28N2O3S/c1-4-20(22(26)23-2)24(14-18-11-8-12-19(13-18)27-3)21(25)16-28-15-17-9-6-5-7-10-17/h5-13,20H,4,14-16H2,1-3H3,(H,23,26)/t20-/m0/s1. The van der Waals surface area contributed by atoms with Crippen LogP contribution in [-0.4, -0.2) is 42.7 Å². The third kappa shape index (κ3) is 6.30. The first kappa shape index (κ1) is 21.8. The number of carbonyl (C=O) groups excluding carboxylic acids is 2. The Bertz CT molecular complexity index is 767. The molecule has 0 aliphatic carbocycles. The predicted octanol–water partition coefficient (Wildman–Crippen LogP) is 3.48. The molecule has 0 saturated carbocycles. The van der Waals surface area contributed by atoms with Gasteiger partial charge in [-0.25, -0.2) is 0 Å². The minimum atomic E-state index is -0.499. The van der Waals surface area contributed by atoms with Crippen LogP contribution < -0.4 is 10.1 Å². The number of hydrogen-bond donors (Lipinski definition) is 1. The lowest BCUT2D eigenvalue weighted by Crippen LogP contribution is -2.48. The number of ether oxygens (including phenoxy) is 1. The first-order valence-corrected chi connectivity index (χ1v) is 10.5. The van der Waals surface area contributed by atoms with Crippen LogP contribution in [0.3, 0.4) is 0 Å². The van der Waals surface area contributed by atoms with Crippen molar-refractivity contribution in [2.24, 2.45) is 0 Å². The number of amides is 2. The van der Waals surface area contributed by atoms with Crippen molar-refractivity contribution >= 4 is 23.6 Å². The highest BCUT2D eigenvalue weighted by Gasteiger charge is 2.27. The zero-order chi connectivity index (χ0) is 20.4. The molecule has 150 valence electrons. The maximum absolute atomic E-state index is 13.0. The van der Waals surface area contributed by atoms with E-state index in [9.17, 15) is 9.59 Å². The SMILES string of the molecule is CC[C@@H](C(=O)NC)N(Cc1cccc(OC)c1)C(=O)CSCc1ccccc1. The van der Waals surface area contributed by atoms with Gasteiger partial charge in [-0.3, -0.25) is 9.59 Å². The van der Waals surface area contributed by atoms with Crippen molar-refractivity contribution in [3.05, 3.63) is 65.7 Å². The van der Waals surface area contributed by atoms with Crippen molar-refractivity contribution in [3.8, 4) is 5.75 Å². The summed E-state index contributed by atoms with van der Waals surface area (Å²) >= 11 is 1.56. The molecule has 0 fully saturated rings. The molecule has 2 aromatic rings. The number of nitrogens with one attached hydrogen (secondary N) is 1. The highest BCUT2D eigenvalue weighted by atomic mass is 32.2. The Kier molecular flexibility index (Phi) is 8.88. The molecular weight excluding hydrogens is 372 g/mol. The van der Waals surface area contributed by atoms with Crippen LogP contribution in [0.15, 0.2) is 54.6 Å². The number of thioether (sulfide) groups is 1. The summed E-state index contributed by atoms with van der Waals surface area (Å²) < 4.78 is 5.28. The normalized spacial score (nSPS) is 11.5. The van der Waals surface area contributed by atoms with E-state index in [-0.39, 0.29) is 11.8 Å². The molecule has 0 radical (unpaired) electrons. The summed E-state index contributed by atoms with van der Waals surface area (Å²) in [5, 5.41) is 2.68. The van der Waals surface area contributed by atoms with Crippen molar-refractivity contribution in [2.75, 3.05) is 19.9 Å². The molecule has 28 heavy (non-hydrogen) atoms. The van der Waals surface area contributed by atoms with Gasteiger partial charge in [-0.2, -0.15) is 0 Å². The summed E-state index contributed by atoms with van der Waals surface area (Å²) in [6.07, 6.45) is 0.554. The van der Waals surface area contributed by atoms with E-state index in [1.165, 1.54) is 5.56 Å². The summed E-state index contributed by atoms with van der Waals surface area (Å²) in [6, 6.07) is 17.1. The molecule has 1 atom stereocenters. The van der Waals surface area contributed by atoms with E-state index in [4.69, 9.17) is 4.74 Å². The third-order valence-electron chi connectivity index (χ3n) is 4.46. The smallest absolute Gasteiger partial charge is 0.242 e. The lowest BCUT2D eigenvalue weighted by Gasteiger charge is -2.30. The summed E-state index contributed by atoms with van der Waals surface area (Å²) in [5.41, 5.74) is 2.11. The largest absolute Gasteiger partial charge is 0.497 e. The van der Waals surface area contributed by atoms with E-state index in [2.05, 4.69) is 5.32 Å². The monoisotopic (exact) mass is 400 g/mol. The number of rotatable bonds is 10. The van der Waals surface area contributed by atoms with Crippen molar-refractivity contribution in [2.45, 2.75) is 31.7 Å². The summed E-state index contributed by atoms with van der Waals surface area (Å²) in [7, 11) is 3.21. The topological polar surface area (TPSA) is 58.6 Å². The highest BCUT2D eigenvalue weighted by Crippen LogP contribution is 2.19. The van der Waals surface area contributed by atoms with Crippen molar-refractivity contribution in [1.29, 1.82) is 0 Å². The van der Waals surface area contributed by atoms with Gasteiger partial charge >= 0.3 is 0 Å². The number of methoxy groups -OCH3 is 1. The van der Waals surface area contributed by atoms with Gasteiger partial charge in [0.05, 0.1) is 12.9 Å². The van der Waals surface area contributed by atoms with Gasteiger partial charge in [-0.1, -0.05) is 49.4 Å². The van der Waals surface area contributed by atoms with Crippen LogP contribution in [-0.2, 0) is 21.9 Å². The molecule has 5 nitrogen and oxygen atoms in total. The second-order valence-electron chi connectivity index (χ2n) is 6.39. The summed E-state index contributed by atoms with van der Waals surface area (Å²) in [4.78, 5) is 27.0. The summed E-state index contributed by atoms with van der Waals surface area (Å²) in [5.74, 6) is 1.63. The first-order valence-electron chi connectivity index (χ1n) is 9.34. The molecule has 0 bridgehead atoms. The maximum atomic E-state index is 13.0. The number of carbonyl (C=O) groups is 2. The Morgan fingerprint density at radius 3 is 2.46 bits per heavy atom. The Morgan fingerprint density at radius 1 is 1.11 bits per heavy atom. The molecule has 0 unspecified atom stereocenters. The zero-order valence-corrected chi connectivity index (χ0v) is 17.5. The third-order valence-corrected chi connectivity index (χ3v) is 5.45. The molecule has 0 aliphatic rings.